The van der Waals surface area contributed by atoms with Gasteiger partial charge in [-0.15, -0.1) is 0 Å². The molecule has 1 aliphatic heterocycles. The van der Waals surface area contributed by atoms with Gasteiger partial charge < -0.3 is 20.1 Å². The molecule has 0 bridgehead atoms. The van der Waals surface area contributed by atoms with E-state index in [0.29, 0.717) is 29.5 Å². The van der Waals surface area contributed by atoms with Gasteiger partial charge in [-0.3, -0.25) is 4.79 Å². The number of rotatable bonds is 4. The van der Waals surface area contributed by atoms with Crippen LogP contribution in [0.4, 0.5) is 5.69 Å². The van der Waals surface area contributed by atoms with Crippen LogP contribution in [0.15, 0.2) is 18.2 Å². The van der Waals surface area contributed by atoms with Gasteiger partial charge in [-0.05, 0) is 24.6 Å². The fourth-order valence-electron chi connectivity index (χ4n) is 1.97. The summed E-state index contributed by atoms with van der Waals surface area (Å²) in [5.74, 6) is 0.918. The number of hydrogen-bond acceptors (Lipinski definition) is 4. The van der Waals surface area contributed by atoms with Crippen molar-refractivity contribution < 1.29 is 14.3 Å². The van der Waals surface area contributed by atoms with Crippen LogP contribution in [0.2, 0.25) is 0 Å². The number of nitrogens with two attached hydrogens (primary N) is 1. The van der Waals surface area contributed by atoms with E-state index < -0.39 is 0 Å². The van der Waals surface area contributed by atoms with Crippen LogP contribution in [-0.2, 0) is 4.74 Å². The van der Waals surface area contributed by atoms with E-state index in [-0.39, 0.29) is 5.91 Å². The molecule has 1 heterocycles. The van der Waals surface area contributed by atoms with Crippen LogP contribution in [0.25, 0.3) is 0 Å². The predicted octanol–water partition coefficient (Wildman–Crippen LogP) is 1.39. The molecule has 1 unspecified atom stereocenters. The summed E-state index contributed by atoms with van der Waals surface area (Å²) in [5, 5.41) is 0. The minimum Gasteiger partial charge on any atom is -0.491 e. The Morgan fingerprint density at radius 3 is 2.95 bits per heavy atom. The van der Waals surface area contributed by atoms with E-state index in [1.807, 2.05) is 0 Å². The van der Waals surface area contributed by atoms with Crippen LogP contribution in [-0.4, -0.2) is 44.7 Å². The molecule has 1 aromatic rings. The third-order valence-electron chi connectivity index (χ3n) is 3.17. The molecule has 0 aliphatic carbocycles. The summed E-state index contributed by atoms with van der Waals surface area (Å²) in [7, 11) is 3.43. The fourth-order valence-corrected chi connectivity index (χ4v) is 1.97. The highest BCUT2D eigenvalue weighted by molar-refractivity contribution is 5.94. The van der Waals surface area contributed by atoms with E-state index in [1.54, 1.807) is 32.3 Å². The van der Waals surface area contributed by atoms with Crippen molar-refractivity contribution in [2.24, 2.45) is 5.92 Å². The Labute approximate surface area is 113 Å². The average Bonchev–Trinajstić information content (AvgIpc) is 2.90. The minimum atomic E-state index is -0.0611. The number of amides is 1. The Morgan fingerprint density at radius 2 is 2.32 bits per heavy atom. The van der Waals surface area contributed by atoms with Gasteiger partial charge in [0.2, 0.25) is 0 Å². The molecule has 1 atom stereocenters. The first-order valence-corrected chi connectivity index (χ1v) is 6.39. The van der Waals surface area contributed by atoms with Crippen molar-refractivity contribution in [3.63, 3.8) is 0 Å². The van der Waals surface area contributed by atoms with E-state index >= 15 is 0 Å². The second-order valence-electron chi connectivity index (χ2n) is 4.99. The maximum absolute atomic E-state index is 11.9. The highest BCUT2D eigenvalue weighted by Crippen LogP contribution is 2.25. The molecule has 2 rings (SSSR count). The number of carbonyl (C=O) groups is 1. The lowest BCUT2D eigenvalue weighted by molar-refractivity contribution is 0.0827. The zero-order chi connectivity index (χ0) is 13.8. The van der Waals surface area contributed by atoms with Gasteiger partial charge in [-0.1, -0.05) is 0 Å². The van der Waals surface area contributed by atoms with Gasteiger partial charge >= 0.3 is 0 Å². The SMILES string of the molecule is CN(C)C(=O)c1ccc(N)c(OCC2CCOC2)c1. The number of carbonyl (C=O) groups excluding carboxylic acids is 1. The Bertz CT molecular complexity index is 454. The molecule has 5 heteroatoms. The summed E-state index contributed by atoms with van der Waals surface area (Å²) < 4.78 is 11.0. The number of benzene rings is 1. The Kier molecular flexibility index (Phi) is 4.27. The third-order valence-corrected chi connectivity index (χ3v) is 3.17. The normalized spacial score (nSPS) is 18.3. The van der Waals surface area contributed by atoms with Crippen LogP contribution in [0, 0.1) is 5.92 Å². The molecule has 1 aliphatic rings. The van der Waals surface area contributed by atoms with Crippen LogP contribution in [0.1, 0.15) is 16.8 Å². The van der Waals surface area contributed by atoms with Crippen molar-refractivity contribution >= 4 is 11.6 Å². The Balaban J connectivity index is 2.06. The number of nitrogens with zero attached hydrogens (tertiary/aromatic N) is 1. The third kappa shape index (κ3) is 3.38. The summed E-state index contributed by atoms with van der Waals surface area (Å²) in [6.07, 6.45) is 1.01. The Morgan fingerprint density at radius 1 is 1.53 bits per heavy atom. The summed E-state index contributed by atoms with van der Waals surface area (Å²) in [6, 6.07) is 5.12. The van der Waals surface area contributed by atoms with Crippen LogP contribution < -0.4 is 10.5 Å². The maximum Gasteiger partial charge on any atom is 0.253 e. The topological polar surface area (TPSA) is 64.8 Å². The highest BCUT2D eigenvalue weighted by Gasteiger charge is 2.17. The van der Waals surface area contributed by atoms with E-state index in [9.17, 15) is 4.79 Å². The highest BCUT2D eigenvalue weighted by atomic mass is 16.5. The van der Waals surface area contributed by atoms with Gasteiger partial charge in [0.1, 0.15) is 5.75 Å². The van der Waals surface area contributed by atoms with Crippen molar-refractivity contribution in [2.45, 2.75) is 6.42 Å². The van der Waals surface area contributed by atoms with E-state index in [4.69, 9.17) is 15.2 Å². The first-order valence-electron chi connectivity index (χ1n) is 6.39. The maximum atomic E-state index is 11.9. The number of ether oxygens (including phenoxy) is 2. The molecule has 104 valence electrons. The zero-order valence-corrected chi connectivity index (χ0v) is 11.4. The lowest BCUT2D eigenvalue weighted by Crippen LogP contribution is -2.21. The molecule has 1 aromatic carbocycles. The predicted molar refractivity (Wildman–Crippen MR) is 73.3 cm³/mol. The molecule has 5 nitrogen and oxygen atoms in total. The first kappa shape index (κ1) is 13.7. The molecule has 1 amide bonds. The smallest absolute Gasteiger partial charge is 0.253 e. The monoisotopic (exact) mass is 264 g/mol. The second-order valence-corrected chi connectivity index (χ2v) is 4.99. The molecular weight excluding hydrogens is 244 g/mol. The average molecular weight is 264 g/mol. The lowest BCUT2D eigenvalue weighted by atomic mass is 10.1. The number of hydrogen-bond donors (Lipinski definition) is 1. The second kappa shape index (κ2) is 5.93. The van der Waals surface area contributed by atoms with Crippen LogP contribution >= 0.6 is 0 Å². The zero-order valence-electron chi connectivity index (χ0n) is 11.4. The first-order chi connectivity index (χ1) is 9.08. The van der Waals surface area contributed by atoms with Crippen LogP contribution in [0.3, 0.4) is 0 Å². The number of nitrogen functional groups attached to an aromatic ring is 1. The van der Waals surface area contributed by atoms with E-state index in [2.05, 4.69) is 0 Å². The molecule has 0 spiro atoms. The molecule has 1 saturated heterocycles. The summed E-state index contributed by atoms with van der Waals surface area (Å²) >= 11 is 0. The van der Waals surface area contributed by atoms with Gasteiger partial charge in [0, 0.05) is 32.2 Å². The van der Waals surface area contributed by atoms with Crippen molar-refractivity contribution in [1.29, 1.82) is 0 Å². The molecule has 19 heavy (non-hydrogen) atoms. The van der Waals surface area contributed by atoms with Gasteiger partial charge in [-0.2, -0.15) is 0 Å². The van der Waals surface area contributed by atoms with Crippen molar-refractivity contribution in [2.75, 3.05) is 39.6 Å². The van der Waals surface area contributed by atoms with Crippen LogP contribution in [0.5, 0.6) is 5.75 Å². The molecule has 1 fully saturated rings. The molecular formula is C14H20N2O3. The Hall–Kier alpha value is -1.75. The van der Waals surface area contributed by atoms with Gasteiger partial charge in [0.05, 0.1) is 18.9 Å². The molecule has 2 N–H and O–H groups in total. The fraction of sp³-hybridized carbons (Fsp3) is 0.500. The summed E-state index contributed by atoms with van der Waals surface area (Å²) in [4.78, 5) is 13.4. The quantitative estimate of drug-likeness (QED) is 0.835. The molecule has 0 saturated carbocycles. The number of anilines is 1. The van der Waals surface area contributed by atoms with E-state index in [0.717, 1.165) is 19.6 Å². The van der Waals surface area contributed by atoms with Crippen molar-refractivity contribution in [3.05, 3.63) is 23.8 Å². The van der Waals surface area contributed by atoms with Gasteiger partial charge in [-0.25, -0.2) is 0 Å². The molecule has 0 radical (unpaired) electrons. The van der Waals surface area contributed by atoms with Gasteiger partial charge in [0.15, 0.2) is 0 Å². The van der Waals surface area contributed by atoms with Crippen molar-refractivity contribution in [1.82, 2.24) is 4.90 Å². The largest absolute Gasteiger partial charge is 0.491 e. The molecule has 0 aromatic heterocycles. The standard InChI is InChI=1S/C14H20N2O3/c1-16(2)14(17)11-3-4-12(15)13(7-11)19-9-10-5-6-18-8-10/h3-4,7,10H,5-6,8-9,15H2,1-2H3. The minimum absolute atomic E-state index is 0.0611. The van der Waals surface area contributed by atoms with E-state index in [1.165, 1.54) is 4.90 Å². The summed E-state index contributed by atoms with van der Waals surface area (Å²) in [6.45, 7) is 2.10. The lowest BCUT2D eigenvalue weighted by Gasteiger charge is -2.15. The van der Waals surface area contributed by atoms with Crippen molar-refractivity contribution in [3.8, 4) is 5.75 Å². The summed E-state index contributed by atoms with van der Waals surface area (Å²) in [5.41, 5.74) is 7.00. The van der Waals surface area contributed by atoms with Gasteiger partial charge in [0.25, 0.3) is 5.91 Å².